The SMILES string of the molecule is Nc1cccc(C(=O)O)c1-c1cccc(F)c1. The molecule has 0 aromatic heterocycles. The Balaban J connectivity index is 2.70. The van der Waals surface area contributed by atoms with E-state index in [0.717, 1.165) is 0 Å². The van der Waals surface area contributed by atoms with E-state index in [2.05, 4.69) is 0 Å². The van der Waals surface area contributed by atoms with Crippen LogP contribution in [0.1, 0.15) is 10.4 Å². The number of aromatic carboxylic acids is 1. The molecule has 0 fully saturated rings. The van der Waals surface area contributed by atoms with Gasteiger partial charge in [0.25, 0.3) is 0 Å². The Morgan fingerprint density at radius 3 is 2.53 bits per heavy atom. The Hall–Kier alpha value is -2.36. The quantitative estimate of drug-likeness (QED) is 0.781. The van der Waals surface area contributed by atoms with E-state index in [9.17, 15) is 9.18 Å². The molecule has 3 nitrogen and oxygen atoms in total. The van der Waals surface area contributed by atoms with E-state index in [1.54, 1.807) is 18.2 Å². The van der Waals surface area contributed by atoms with Gasteiger partial charge < -0.3 is 10.8 Å². The second kappa shape index (κ2) is 4.25. The highest BCUT2D eigenvalue weighted by Gasteiger charge is 2.14. The number of carboxylic acid groups (broad SMARTS) is 1. The van der Waals surface area contributed by atoms with Crippen LogP contribution in [0.15, 0.2) is 42.5 Å². The molecule has 0 atom stereocenters. The van der Waals surface area contributed by atoms with Crippen molar-refractivity contribution in [2.75, 3.05) is 5.73 Å². The van der Waals surface area contributed by atoms with Crippen molar-refractivity contribution >= 4 is 11.7 Å². The molecule has 0 aliphatic carbocycles. The summed E-state index contributed by atoms with van der Waals surface area (Å²) < 4.78 is 13.1. The van der Waals surface area contributed by atoms with Gasteiger partial charge in [-0.15, -0.1) is 0 Å². The number of benzene rings is 2. The molecule has 0 spiro atoms. The van der Waals surface area contributed by atoms with Crippen molar-refractivity contribution in [1.29, 1.82) is 0 Å². The largest absolute Gasteiger partial charge is 0.478 e. The topological polar surface area (TPSA) is 63.3 Å². The van der Waals surface area contributed by atoms with Crippen molar-refractivity contribution in [3.63, 3.8) is 0 Å². The van der Waals surface area contributed by atoms with Crippen molar-refractivity contribution in [2.24, 2.45) is 0 Å². The van der Waals surface area contributed by atoms with Crippen molar-refractivity contribution in [3.8, 4) is 11.1 Å². The second-order valence-corrected chi connectivity index (χ2v) is 3.59. The molecule has 0 amide bonds. The molecule has 2 rings (SSSR count). The Morgan fingerprint density at radius 1 is 1.18 bits per heavy atom. The fraction of sp³-hybridized carbons (Fsp3) is 0. The third kappa shape index (κ3) is 2.10. The maximum Gasteiger partial charge on any atom is 0.336 e. The van der Waals surface area contributed by atoms with Crippen LogP contribution in [0.25, 0.3) is 11.1 Å². The first-order valence-electron chi connectivity index (χ1n) is 4.97. The third-order valence-corrected chi connectivity index (χ3v) is 2.44. The summed E-state index contributed by atoms with van der Waals surface area (Å²) in [5.74, 6) is -1.52. The first-order valence-corrected chi connectivity index (χ1v) is 4.97. The zero-order chi connectivity index (χ0) is 12.4. The molecule has 0 radical (unpaired) electrons. The zero-order valence-corrected chi connectivity index (χ0v) is 8.85. The van der Waals surface area contributed by atoms with Gasteiger partial charge in [-0.1, -0.05) is 18.2 Å². The summed E-state index contributed by atoms with van der Waals surface area (Å²) in [5, 5.41) is 9.07. The van der Waals surface area contributed by atoms with Gasteiger partial charge in [0.1, 0.15) is 5.82 Å². The molecule has 86 valence electrons. The maximum atomic E-state index is 13.1. The van der Waals surface area contributed by atoms with Crippen LogP contribution >= 0.6 is 0 Å². The Labute approximate surface area is 97.3 Å². The summed E-state index contributed by atoms with van der Waals surface area (Å²) in [7, 11) is 0. The van der Waals surface area contributed by atoms with Crippen molar-refractivity contribution < 1.29 is 14.3 Å². The molecule has 0 aliphatic rings. The van der Waals surface area contributed by atoms with Gasteiger partial charge in [-0.2, -0.15) is 0 Å². The van der Waals surface area contributed by atoms with Gasteiger partial charge in [0.2, 0.25) is 0 Å². The molecule has 0 heterocycles. The van der Waals surface area contributed by atoms with E-state index < -0.39 is 11.8 Å². The van der Waals surface area contributed by atoms with Gasteiger partial charge >= 0.3 is 5.97 Å². The number of carboxylic acids is 1. The summed E-state index contributed by atoms with van der Waals surface area (Å²) in [6.07, 6.45) is 0. The van der Waals surface area contributed by atoms with E-state index in [1.807, 2.05) is 0 Å². The molecule has 0 saturated heterocycles. The van der Waals surface area contributed by atoms with Crippen LogP contribution in [0.4, 0.5) is 10.1 Å². The van der Waals surface area contributed by atoms with Crippen LogP contribution in [0.3, 0.4) is 0 Å². The number of rotatable bonds is 2. The van der Waals surface area contributed by atoms with Gasteiger partial charge in [0, 0.05) is 11.3 Å². The molecule has 2 aromatic carbocycles. The first-order chi connectivity index (χ1) is 8.09. The Morgan fingerprint density at radius 2 is 1.88 bits per heavy atom. The minimum atomic E-state index is -1.09. The average Bonchev–Trinajstić information content (AvgIpc) is 2.28. The second-order valence-electron chi connectivity index (χ2n) is 3.59. The monoisotopic (exact) mass is 231 g/mol. The van der Waals surface area contributed by atoms with Crippen LogP contribution in [-0.4, -0.2) is 11.1 Å². The molecule has 0 saturated carbocycles. The van der Waals surface area contributed by atoms with Gasteiger partial charge in [0.15, 0.2) is 0 Å². The molecule has 3 N–H and O–H groups in total. The van der Waals surface area contributed by atoms with E-state index in [0.29, 0.717) is 16.8 Å². The highest BCUT2D eigenvalue weighted by atomic mass is 19.1. The highest BCUT2D eigenvalue weighted by molar-refractivity contribution is 5.99. The first kappa shape index (κ1) is 11.1. The summed E-state index contributed by atoms with van der Waals surface area (Å²) >= 11 is 0. The zero-order valence-electron chi connectivity index (χ0n) is 8.85. The number of anilines is 1. The lowest BCUT2D eigenvalue weighted by Crippen LogP contribution is -2.02. The molecular formula is C13H10FNO2. The summed E-state index contributed by atoms with van der Waals surface area (Å²) in [4.78, 5) is 11.1. The number of nitrogen functional groups attached to an aromatic ring is 1. The van der Waals surface area contributed by atoms with Crippen LogP contribution in [0, 0.1) is 5.82 Å². The van der Waals surface area contributed by atoms with E-state index in [-0.39, 0.29) is 5.56 Å². The summed E-state index contributed by atoms with van der Waals surface area (Å²) in [5.41, 5.74) is 6.94. The standard InChI is InChI=1S/C13H10FNO2/c14-9-4-1-3-8(7-9)12-10(13(16)17)5-2-6-11(12)15/h1-7H,15H2,(H,16,17). The molecule has 0 bridgehead atoms. The smallest absolute Gasteiger partial charge is 0.336 e. The Bertz CT molecular complexity index is 581. The minimum Gasteiger partial charge on any atom is -0.478 e. The summed E-state index contributed by atoms with van der Waals surface area (Å²) in [6, 6.07) is 10.3. The van der Waals surface area contributed by atoms with Gasteiger partial charge in [-0.25, -0.2) is 9.18 Å². The van der Waals surface area contributed by atoms with Crippen LogP contribution in [-0.2, 0) is 0 Å². The van der Waals surface area contributed by atoms with Gasteiger partial charge in [0.05, 0.1) is 5.56 Å². The van der Waals surface area contributed by atoms with E-state index in [1.165, 1.54) is 24.3 Å². The summed E-state index contributed by atoms with van der Waals surface area (Å²) in [6.45, 7) is 0. The molecule has 17 heavy (non-hydrogen) atoms. The molecule has 0 unspecified atom stereocenters. The molecular weight excluding hydrogens is 221 g/mol. The maximum absolute atomic E-state index is 13.1. The lowest BCUT2D eigenvalue weighted by Gasteiger charge is -2.09. The minimum absolute atomic E-state index is 0.0654. The fourth-order valence-electron chi connectivity index (χ4n) is 1.71. The molecule has 4 heteroatoms. The lowest BCUT2D eigenvalue weighted by molar-refractivity contribution is 0.0698. The number of hydrogen-bond donors (Lipinski definition) is 2. The van der Waals surface area contributed by atoms with Crippen molar-refractivity contribution in [3.05, 3.63) is 53.8 Å². The fourth-order valence-corrected chi connectivity index (χ4v) is 1.71. The van der Waals surface area contributed by atoms with E-state index in [4.69, 9.17) is 10.8 Å². The van der Waals surface area contributed by atoms with Crippen molar-refractivity contribution in [2.45, 2.75) is 0 Å². The number of nitrogens with two attached hydrogens (primary N) is 1. The van der Waals surface area contributed by atoms with Crippen LogP contribution in [0.2, 0.25) is 0 Å². The Kier molecular flexibility index (Phi) is 2.78. The third-order valence-electron chi connectivity index (χ3n) is 2.44. The van der Waals surface area contributed by atoms with E-state index >= 15 is 0 Å². The normalized spacial score (nSPS) is 10.2. The average molecular weight is 231 g/mol. The van der Waals surface area contributed by atoms with Crippen LogP contribution in [0.5, 0.6) is 0 Å². The predicted molar refractivity (Wildman–Crippen MR) is 63.2 cm³/mol. The molecule has 0 aliphatic heterocycles. The predicted octanol–water partition coefficient (Wildman–Crippen LogP) is 2.77. The number of halogens is 1. The van der Waals surface area contributed by atoms with Gasteiger partial charge in [-0.3, -0.25) is 0 Å². The number of hydrogen-bond acceptors (Lipinski definition) is 2. The highest BCUT2D eigenvalue weighted by Crippen LogP contribution is 2.30. The lowest BCUT2D eigenvalue weighted by atomic mass is 9.98. The van der Waals surface area contributed by atoms with Crippen molar-refractivity contribution in [1.82, 2.24) is 0 Å². The van der Waals surface area contributed by atoms with Gasteiger partial charge in [-0.05, 0) is 29.8 Å². The molecule has 2 aromatic rings. The van der Waals surface area contributed by atoms with Crippen LogP contribution < -0.4 is 5.73 Å². The number of carbonyl (C=O) groups is 1.